The quantitative estimate of drug-likeness (QED) is 0.320. The maximum atomic E-state index is 14.0. The van der Waals surface area contributed by atoms with Gasteiger partial charge in [-0.15, -0.1) is 0 Å². The van der Waals surface area contributed by atoms with Gasteiger partial charge in [0.05, 0.1) is 24.8 Å². The van der Waals surface area contributed by atoms with E-state index < -0.39 is 28.5 Å². The fraction of sp³-hybridized carbons (Fsp3) is 0.355. The summed E-state index contributed by atoms with van der Waals surface area (Å²) in [6, 6.07) is 17.9. The van der Waals surface area contributed by atoms with Gasteiger partial charge in [-0.1, -0.05) is 54.4 Å². The highest BCUT2D eigenvalue weighted by Gasteiger charge is 2.33. The molecule has 220 valence electrons. The molecule has 0 aliphatic carbocycles. The summed E-state index contributed by atoms with van der Waals surface area (Å²) in [4.78, 5) is 28.4. The largest absolute Gasteiger partial charge is 0.493 e. The summed E-state index contributed by atoms with van der Waals surface area (Å²) in [5, 5.41) is 2.84. The van der Waals surface area contributed by atoms with Crippen LogP contribution in [-0.4, -0.2) is 58.5 Å². The van der Waals surface area contributed by atoms with Gasteiger partial charge in [0.15, 0.2) is 11.5 Å². The van der Waals surface area contributed by atoms with Crippen LogP contribution in [0.3, 0.4) is 0 Å². The minimum atomic E-state index is -4.19. The van der Waals surface area contributed by atoms with Crippen LogP contribution in [0.5, 0.6) is 11.5 Å². The van der Waals surface area contributed by atoms with Gasteiger partial charge in [0.2, 0.25) is 11.8 Å². The fourth-order valence-corrected chi connectivity index (χ4v) is 5.62. The van der Waals surface area contributed by atoms with Crippen LogP contribution in [0.15, 0.2) is 71.6 Å². The molecular formula is C31H39N3O6S. The van der Waals surface area contributed by atoms with E-state index in [0.29, 0.717) is 18.0 Å². The molecule has 1 atom stereocenters. The van der Waals surface area contributed by atoms with Crippen molar-refractivity contribution in [2.24, 2.45) is 0 Å². The molecule has 0 aliphatic rings. The Kier molecular flexibility index (Phi) is 10.8. The van der Waals surface area contributed by atoms with E-state index in [9.17, 15) is 18.0 Å². The highest BCUT2D eigenvalue weighted by molar-refractivity contribution is 7.92. The molecule has 0 unspecified atom stereocenters. The number of sulfonamides is 1. The molecule has 0 saturated heterocycles. The van der Waals surface area contributed by atoms with E-state index >= 15 is 0 Å². The zero-order valence-corrected chi connectivity index (χ0v) is 25.3. The number of hydrogen-bond acceptors (Lipinski definition) is 6. The zero-order valence-electron chi connectivity index (χ0n) is 24.5. The van der Waals surface area contributed by atoms with Crippen molar-refractivity contribution >= 4 is 27.5 Å². The van der Waals surface area contributed by atoms with Gasteiger partial charge in [-0.3, -0.25) is 13.9 Å². The van der Waals surface area contributed by atoms with Crippen LogP contribution in [0.4, 0.5) is 5.69 Å². The molecule has 0 heterocycles. The second kappa shape index (κ2) is 14.0. The molecule has 0 spiro atoms. The number of amides is 2. The third kappa shape index (κ3) is 7.79. The molecule has 2 amide bonds. The molecule has 0 saturated carbocycles. The normalized spacial score (nSPS) is 11.9. The number of carbonyl (C=O) groups excluding carboxylic acids is 2. The number of carbonyl (C=O) groups is 2. The third-order valence-electron chi connectivity index (χ3n) is 6.73. The van der Waals surface area contributed by atoms with Gasteiger partial charge in [0.25, 0.3) is 10.0 Å². The number of aryl methyl sites for hydroxylation is 2. The van der Waals surface area contributed by atoms with Crippen LogP contribution in [0, 0.1) is 13.8 Å². The molecule has 9 nitrogen and oxygen atoms in total. The predicted octanol–water partition coefficient (Wildman–Crippen LogP) is 4.46. The highest BCUT2D eigenvalue weighted by atomic mass is 32.2. The first-order valence-electron chi connectivity index (χ1n) is 13.5. The predicted molar refractivity (Wildman–Crippen MR) is 160 cm³/mol. The van der Waals surface area contributed by atoms with Crippen LogP contribution in [-0.2, 0) is 26.2 Å². The Morgan fingerprint density at radius 3 is 2.02 bits per heavy atom. The molecule has 0 aliphatic heterocycles. The third-order valence-corrected chi connectivity index (χ3v) is 8.52. The number of anilines is 1. The number of nitrogens with zero attached hydrogens (tertiary/aromatic N) is 2. The maximum Gasteiger partial charge on any atom is 0.264 e. The Labute approximate surface area is 243 Å². The summed E-state index contributed by atoms with van der Waals surface area (Å²) < 4.78 is 39.8. The average Bonchev–Trinajstić information content (AvgIpc) is 2.97. The second-order valence-electron chi connectivity index (χ2n) is 9.84. The Hall–Kier alpha value is -4.05. The number of nitrogens with one attached hydrogen (secondary N) is 1. The van der Waals surface area contributed by atoms with E-state index in [1.165, 1.54) is 37.3 Å². The molecule has 3 aromatic carbocycles. The molecule has 0 aromatic heterocycles. The summed E-state index contributed by atoms with van der Waals surface area (Å²) >= 11 is 0. The van der Waals surface area contributed by atoms with Gasteiger partial charge in [-0.2, -0.15) is 0 Å². The number of methoxy groups -OCH3 is 2. The van der Waals surface area contributed by atoms with Crippen molar-refractivity contribution in [1.29, 1.82) is 0 Å². The zero-order chi connectivity index (χ0) is 30.2. The van der Waals surface area contributed by atoms with Crippen molar-refractivity contribution in [3.63, 3.8) is 0 Å². The fourth-order valence-electron chi connectivity index (χ4n) is 4.21. The van der Waals surface area contributed by atoms with E-state index in [1.54, 1.807) is 31.2 Å². The van der Waals surface area contributed by atoms with Crippen LogP contribution in [0.1, 0.15) is 37.0 Å². The number of hydrogen-bond donors (Lipinski definition) is 1. The first kappa shape index (κ1) is 31.5. The van der Waals surface area contributed by atoms with Crippen LogP contribution in [0.25, 0.3) is 0 Å². The van der Waals surface area contributed by atoms with Gasteiger partial charge in [0, 0.05) is 19.2 Å². The molecule has 0 radical (unpaired) electrons. The lowest BCUT2D eigenvalue weighted by molar-refractivity contribution is -0.139. The lowest BCUT2D eigenvalue weighted by Crippen LogP contribution is -2.51. The van der Waals surface area contributed by atoms with Crippen molar-refractivity contribution in [3.05, 3.63) is 83.4 Å². The van der Waals surface area contributed by atoms with E-state index in [-0.39, 0.29) is 23.0 Å². The summed E-state index contributed by atoms with van der Waals surface area (Å²) in [7, 11) is -1.26. The van der Waals surface area contributed by atoms with Gasteiger partial charge in [-0.05, 0) is 57.0 Å². The summed E-state index contributed by atoms with van der Waals surface area (Å²) in [6.07, 6.45) is 0.742. The van der Waals surface area contributed by atoms with E-state index in [4.69, 9.17) is 9.47 Å². The Morgan fingerprint density at radius 2 is 1.46 bits per heavy atom. The molecule has 10 heteroatoms. The summed E-state index contributed by atoms with van der Waals surface area (Å²) in [5.41, 5.74) is 2.99. The molecule has 0 fully saturated rings. The van der Waals surface area contributed by atoms with Gasteiger partial charge in [0.1, 0.15) is 12.6 Å². The number of ether oxygens (including phenoxy) is 2. The average molecular weight is 582 g/mol. The lowest BCUT2D eigenvalue weighted by atomic mass is 10.1. The van der Waals surface area contributed by atoms with Crippen LogP contribution < -0.4 is 19.1 Å². The molecule has 3 rings (SSSR count). The van der Waals surface area contributed by atoms with Gasteiger partial charge >= 0.3 is 0 Å². The monoisotopic (exact) mass is 581 g/mol. The second-order valence-corrected chi connectivity index (χ2v) is 11.7. The molecule has 3 aromatic rings. The van der Waals surface area contributed by atoms with Crippen LogP contribution in [0.2, 0.25) is 0 Å². The van der Waals surface area contributed by atoms with E-state index in [1.807, 2.05) is 45.0 Å². The molecule has 1 N–H and O–H groups in total. The Balaban J connectivity index is 2.07. The molecule has 0 bridgehead atoms. The van der Waals surface area contributed by atoms with Crippen molar-refractivity contribution < 1.29 is 27.5 Å². The number of rotatable bonds is 13. The minimum absolute atomic E-state index is 0.0320. The smallest absolute Gasteiger partial charge is 0.264 e. The van der Waals surface area contributed by atoms with E-state index in [0.717, 1.165) is 27.4 Å². The standard InChI is InChI=1S/C31H39N3O6S/c1-7-18-32-31(36)24(4)33(20-25-12-8-22(2)9-13-25)30(35)21-34(26-14-17-28(39-5)29(19-26)40-6)41(37,38)27-15-10-23(3)11-16-27/h8-17,19,24H,7,18,20-21H2,1-6H3,(H,32,36)/t24-/m1/s1. The Morgan fingerprint density at radius 1 is 0.878 bits per heavy atom. The van der Waals surface area contributed by atoms with Crippen LogP contribution >= 0.6 is 0 Å². The highest BCUT2D eigenvalue weighted by Crippen LogP contribution is 2.34. The topological polar surface area (TPSA) is 105 Å². The van der Waals surface area contributed by atoms with Gasteiger partial charge < -0.3 is 19.7 Å². The summed E-state index contributed by atoms with van der Waals surface area (Å²) in [5.74, 6) is -0.121. The molecule has 41 heavy (non-hydrogen) atoms. The maximum absolute atomic E-state index is 14.0. The first-order valence-corrected chi connectivity index (χ1v) is 14.9. The van der Waals surface area contributed by atoms with Crippen molar-refractivity contribution in [2.75, 3.05) is 31.6 Å². The Bertz CT molecular complexity index is 1440. The van der Waals surface area contributed by atoms with Gasteiger partial charge in [-0.25, -0.2) is 8.42 Å². The SMILES string of the molecule is CCCNC(=O)[C@@H](C)N(Cc1ccc(C)cc1)C(=O)CN(c1ccc(OC)c(OC)c1)S(=O)(=O)c1ccc(C)cc1. The van der Waals surface area contributed by atoms with Crippen molar-refractivity contribution in [1.82, 2.24) is 10.2 Å². The molecular weight excluding hydrogens is 542 g/mol. The first-order chi connectivity index (χ1) is 19.5. The minimum Gasteiger partial charge on any atom is -0.493 e. The van der Waals surface area contributed by atoms with Crippen molar-refractivity contribution in [2.45, 2.75) is 51.6 Å². The lowest BCUT2D eigenvalue weighted by Gasteiger charge is -2.32. The van der Waals surface area contributed by atoms with E-state index in [2.05, 4.69) is 5.32 Å². The summed E-state index contributed by atoms with van der Waals surface area (Å²) in [6.45, 7) is 7.47. The van der Waals surface area contributed by atoms with Crippen molar-refractivity contribution in [3.8, 4) is 11.5 Å². The number of benzene rings is 3.